The van der Waals surface area contributed by atoms with Crippen molar-refractivity contribution in [2.45, 2.75) is 24.5 Å². The first-order valence-corrected chi connectivity index (χ1v) is 12.1. The number of anilines is 1. The highest BCUT2D eigenvalue weighted by Gasteiger charge is 2.48. The second-order valence-corrected chi connectivity index (χ2v) is 9.62. The predicted molar refractivity (Wildman–Crippen MR) is 88.7 cm³/mol. The van der Waals surface area contributed by atoms with Gasteiger partial charge in [-0.1, -0.05) is 0 Å². The van der Waals surface area contributed by atoms with E-state index in [0.717, 1.165) is 17.2 Å². The van der Waals surface area contributed by atoms with Crippen LogP contribution in [0.25, 0.3) is 11.2 Å². The second kappa shape index (κ2) is 8.39. The van der Waals surface area contributed by atoms with E-state index in [4.69, 9.17) is 15.4 Å². The standard InChI is InChI=1S/C10H15N5O13P2S/c11-8-5-9(13-2-12-8)15(3-14-5)10-6(16)7(27-29(17,18)19)4(26-10)1-25-30(20,21)28-31(22,23)24/h2-4,6-7,10,16H,1H2,(H,20,21)(H2,11,12,13)(H2,17,18,19)(H,22,23,24)/p-3/t4-,6-,7-,10-/m1/s1. The zero-order valence-corrected chi connectivity index (χ0v) is 17.3. The molecule has 0 aromatic carbocycles. The summed E-state index contributed by atoms with van der Waals surface area (Å²) in [6.45, 7) is -1.18. The minimum absolute atomic E-state index is 0.0291. The normalized spacial score (nSPS) is 28.4. The van der Waals surface area contributed by atoms with Crippen LogP contribution in [-0.2, 0) is 37.3 Å². The van der Waals surface area contributed by atoms with Gasteiger partial charge in [0.1, 0.15) is 30.2 Å². The van der Waals surface area contributed by atoms with Crippen molar-refractivity contribution in [2.24, 2.45) is 0 Å². The van der Waals surface area contributed by atoms with Gasteiger partial charge in [0.25, 0.3) is 15.6 Å². The lowest BCUT2D eigenvalue weighted by Crippen LogP contribution is -2.37. The molecule has 0 amide bonds. The Bertz CT molecular complexity index is 1170. The summed E-state index contributed by atoms with van der Waals surface area (Å²) < 4.78 is 72.1. The molecular weight excluding hydrogens is 492 g/mol. The zero-order chi connectivity index (χ0) is 23.2. The lowest BCUT2D eigenvalue weighted by Gasteiger charge is -2.28. The lowest BCUT2D eigenvalue weighted by molar-refractivity contribution is -0.229. The third kappa shape index (κ3) is 5.80. The number of hydrogen-bond acceptors (Lipinski definition) is 16. The van der Waals surface area contributed by atoms with Crippen LogP contribution >= 0.6 is 15.6 Å². The van der Waals surface area contributed by atoms with Crippen molar-refractivity contribution < 1.29 is 59.6 Å². The molecule has 18 nitrogen and oxygen atoms in total. The molecule has 2 aromatic heterocycles. The van der Waals surface area contributed by atoms with Crippen LogP contribution in [0.3, 0.4) is 0 Å². The van der Waals surface area contributed by atoms with Crippen LogP contribution < -0.4 is 15.5 Å². The third-order valence-corrected chi connectivity index (χ3v) is 6.24. The van der Waals surface area contributed by atoms with Gasteiger partial charge in [0.2, 0.25) is 10.4 Å². The molecule has 0 spiro atoms. The van der Waals surface area contributed by atoms with E-state index in [-0.39, 0.29) is 17.0 Å². The molecule has 0 aliphatic carbocycles. The van der Waals surface area contributed by atoms with Crippen molar-refractivity contribution in [1.29, 1.82) is 0 Å². The summed E-state index contributed by atoms with van der Waals surface area (Å²) in [5.41, 5.74) is 5.76. The summed E-state index contributed by atoms with van der Waals surface area (Å²) in [5, 5.41) is 10.5. The quantitative estimate of drug-likeness (QED) is 0.178. The van der Waals surface area contributed by atoms with E-state index in [2.05, 4.69) is 28.0 Å². The topological polar surface area (TPSA) is 284 Å². The number of phosphoric acid groups is 2. The number of imidazole rings is 1. The monoisotopic (exact) mass is 504 g/mol. The SMILES string of the molecule is Nc1ncnc2c1ncn2[C@@H]1O[C@H](COP(=O)([O-])OS(=O)(=O)[O-])[C@@H](OP(=O)([O-])O)[C@H]1O. The average molecular weight is 504 g/mol. The van der Waals surface area contributed by atoms with Gasteiger partial charge in [-0.05, 0) is 0 Å². The Kier molecular flexibility index (Phi) is 6.51. The Morgan fingerprint density at radius 1 is 1.29 bits per heavy atom. The highest BCUT2D eigenvalue weighted by Crippen LogP contribution is 2.45. The number of fused-ring (bicyclic) bond motifs is 1. The minimum atomic E-state index is -5.72. The van der Waals surface area contributed by atoms with Gasteiger partial charge in [0, 0.05) is 0 Å². The van der Waals surface area contributed by atoms with Crippen LogP contribution in [0.1, 0.15) is 6.23 Å². The van der Waals surface area contributed by atoms with Gasteiger partial charge in [-0.15, -0.1) is 0 Å². The minimum Gasteiger partial charge on any atom is -0.756 e. The van der Waals surface area contributed by atoms with E-state index in [0.29, 0.717) is 0 Å². The van der Waals surface area contributed by atoms with Gasteiger partial charge in [0.05, 0.1) is 12.9 Å². The van der Waals surface area contributed by atoms with Gasteiger partial charge in [-0.3, -0.25) is 13.7 Å². The van der Waals surface area contributed by atoms with E-state index in [1.54, 1.807) is 0 Å². The molecule has 0 radical (unpaired) electrons. The molecule has 21 heteroatoms. The van der Waals surface area contributed by atoms with E-state index in [9.17, 15) is 37.0 Å². The number of rotatable bonds is 8. The fourth-order valence-electron chi connectivity index (χ4n) is 2.72. The molecule has 1 aliphatic heterocycles. The second-order valence-electron chi connectivity index (χ2n) is 5.90. The summed E-state index contributed by atoms with van der Waals surface area (Å²) in [7, 11) is -16.9. The van der Waals surface area contributed by atoms with E-state index < -0.39 is 57.2 Å². The number of nitrogen functional groups attached to an aromatic ring is 1. The maximum atomic E-state index is 11.4. The number of aliphatic hydroxyl groups excluding tert-OH is 1. The molecule has 174 valence electrons. The van der Waals surface area contributed by atoms with Crippen molar-refractivity contribution in [1.82, 2.24) is 19.5 Å². The summed E-state index contributed by atoms with van der Waals surface area (Å²) in [5.74, 6) is -0.0356. The van der Waals surface area contributed by atoms with Gasteiger partial charge in [-0.25, -0.2) is 27.3 Å². The van der Waals surface area contributed by atoms with Gasteiger partial charge >= 0.3 is 0 Å². The molecule has 1 fully saturated rings. The Labute approximate surface area is 172 Å². The smallest absolute Gasteiger partial charge is 0.282 e. The average Bonchev–Trinajstić information content (AvgIpc) is 3.13. The first kappa shape index (κ1) is 24.1. The molecule has 3 heterocycles. The Morgan fingerprint density at radius 3 is 2.58 bits per heavy atom. The van der Waals surface area contributed by atoms with Crippen molar-refractivity contribution in [3.8, 4) is 0 Å². The van der Waals surface area contributed by atoms with E-state index in [1.165, 1.54) is 0 Å². The fourth-order valence-corrected chi connectivity index (χ4v) is 4.69. The molecular formula is C10H12N5O13P2S-3. The maximum Gasteiger partial charge on any atom is 0.282 e. The largest absolute Gasteiger partial charge is 0.756 e. The van der Waals surface area contributed by atoms with Crippen molar-refractivity contribution in [3.05, 3.63) is 12.7 Å². The summed E-state index contributed by atoms with van der Waals surface area (Å²) in [6, 6.07) is 0. The predicted octanol–water partition coefficient (Wildman–Crippen LogP) is -3.53. The van der Waals surface area contributed by atoms with Crippen molar-refractivity contribution >= 4 is 43.0 Å². The van der Waals surface area contributed by atoms with Crippen molar-refractivity contribution in [3.63, 3.8) is 0 Å². The van der Waals surface area contributed by atoms with Gasteiger partial charge in [0.15, 0.2) is 17.7 Å². The molecule has 1 saturated heterocycles. The van der Waals surface area contributed by atoms with E-state index in [1.807, 2.05) is 0 Å². The Hall–Kier alpha value is -1.60. The summed E-state index contributed by atoms with van der Waals surface area (Å²) in [6.07, 6.45) is -4.94. The highest BCUT2D eigenvalue weighted by atomic mass is 32.3. The third-order valence-electron chi connectivity index (χ3n) is 3.81. The molecule has 3 rings (SSSR count). The number of ether oxygens (including phenoxy) is 1. The van der Waals surface area contributed by atoms with Crippen LogP contribution in [0, 0.1) is 0 Å². The molecule has 0 saturated carbocycles. The zero-order valence-electron chi connectivity index (χ0n) is 14.7. The van der Waals surface area contributed by atoms with Crippen LogP contribution in [0.2, 0.25) is 0 Å². The summed E-state index contributed by atoms with van der Waals surface area (Å²) >= 11 is 0. The number of nitrogens with two attached hydrogens (primary N) is 1. The van der Waals surface area contributed by atoms with Crippen LogP contribution in [0.5, 0.6) is 0 Å². The number of nitrogens with zero attached hydrogens (tertiary/aromatic N) is 4. The molecule has 4 N–H and O–H groups in total. The lowest BCUT2D eigenvalue weighted by atomic mass is 10.1. The Morgan fingerprint density at radius 2 is 1.97 bits per heavy atom. The number of aromatic nitrogens is 4. The first-order chi connectivity index (χ1) is 14.2. The summed E-state index contributed by atoms with van der Waals surface area (Å²) in [4.78, 5) is 43.1. The molecule has 0 bridgehead atoms. The number of aliphatic hydroxyl groups is 1. The number of phosphoric ester groups is 2. The molecule has 1 aliphatic rings. The molecule has 2 aromatic rings. The molecule has 31 heavy (non-hydrogen) atoms. The van der Waals surface area contributed by atoms with Crippen LogP contribution in [0.15, 0.2) is 12.7 Å². The van der Waals surface area contributed by atoms with Gasteiger partial charge < -0.3 is 43.9 Å². The van der Waals surface area contributed by atoms with Crippen LogP contribution in [0.4, 0.5) is 5.82 Å². The number of hydrogen-bond donors (Lipinski definition) is 3. The maximum absolute atomic E-state index is 11.4. The Balaban J connectivity index is 1.88. The van der Waals surface area contributed by atoms with Gasteiger partial charge in [-0.2, -0.15) is 0 Å². The van der Waals surface area contributed by atoms with Crippen molar-refractivity contribution in [2.75, 3.05) is 12.3 Å². The first-order valence-electron chi connectivity index (χ1n) is 7.78. The molecule has 2 unspecified atom stereocenters. The van der Waals surface area contributed by atoms with E-state index >= 15 is 0 Å². The highest BCUT2D eigenvalue weighted by molar-refractivity contribution is 7.85. The van der Waals surface area contributed by atoms with Crippen LogP contribution in [-0.4, -0.2) is 67.4 Å². The fraction of sp³-hybridized carbons (Fsp3) is 0.500. The molecule has 6 atom stereocenters.